The maximum absolute atomic E-state index is 10.7. The normalized spacial score (nSPS) is 12.0. The number of carbonyl (C=O) groups is 1. The van der Waals surface area contributed by atoms with Crippen LogP contribution in [-0.4, -0.2) is 63.9 Å². The fourth-order valence-electron chi connectivity index (χ4n) is 0.850. The van der Waals surface area contributed by atoms with Crippen molar-refractivity contribution in [3.63, 3.8) is 0 Å². The number of ether oxygens (including phenoxy) is 1. The van der Waals surface area contributed by atoms with Gasteiger partial charge in [-0.2, -0.15) is 26.3 Å². The molecule has 0 aromatic heterocycles. The maximum atomic E-state index is 10.7. The van der Waals surface area contributed by atoms with E-state index in [0.29, 0.717) is 0 Å². The van der Waals surface area contributed by atoms with Crippen LogP contribution in [0.4, 0.5) is 26.3 Å². The second kappa shape index (κ2) is 12.3. The van der Waals surface area contributed by atoms with Gasteiger partial charge in [-0.25, -0.2) is 8.42 Å². The Balaban J connectivity index is -0.000000278. The number of methoxy groups -OCH3 is 1. The van der Waals surface area contributed by atoms with Crippen molar-refractivity contribution in [2.45, 2.75) is 25.5 Å². The van der Waals surface area contributed by atoms with Crippen molar-refractivity contribution in [2.75, 3.05) is 33.4 Å². The molecule has 0 heterocycles. The second-order valence-corrected chi connectivity index (χ2v) is 5.33. The zero-order chi connectivity index (χ0) is 20.2. The molecular weight excluding hydrogens is 374 g/mol. The van der Waals surface area contributed by atoms with Gasteiger partial charge in [0.1, 0.15) is 6.54 Å². The van der Waals surface area contributed by atoms with Gasteiger partial charge < -0.3 is 19.9 Å². The molecule has 0 aliphatic carbocycles. The van der Waals surface area contributed by atoms with Crippen molar-refractivity contribution in [2.24, 2.45) is 5.73 Å². The smallest absolute Gasteiger partial charge is 0.485 e. The first-order valence-electron chi connectivity index (χ1n) is 6.25. The van der Waals surface area contributed by atoms with E-state index in [1.165, 1.54) is 13.1 Å². The molecule has 24 heavy (non-hydrogen) atoms. The van der Waals surface area contributed by atoms with Crippen molar-refractivity contribution >= 4 is 16.0 Å². The minimum atomic E-state index is -6.09. The molecule has 0 radical (unpaired) electrons. The molecule has 0 rings (SSSR count). The van der Waals surface area contributed by atoms with Crippen molar-refractivity contribution in [1.29, 1.82) is 0 Å². The largest absolute Gasteiger partial charge is 0.741 e. The zero-order valence-corrected chi connectivity index (χ0v) is 13.9. The summed E-state index contributed by atoms with van der Waals surface area (Å²) in [5.41, 5.74) is -1.84. The molecule has 0 bridgehead atoms. The van der Waals surface area contributed by atoms with Crippen LogP contribution in [0.1, 0.15) is 13.8 Å². The Kier molecular flexibility index (Phi) is 14.2. The van der Waals surface area contributed by atoms with Crippen LogP contribution in [0.3, 0.4) is 0 Å². The third-order valence-electron chi connectivity index (χ3n) is 2.22. The minimum absolute atomic E-state index is 0.886. The lowest BCUT2D eigenvalue weighted by Crippen LogP contribution is -3.11. The van der Waals surface area contributed by atoms with Crippen molar-refractivity contribution in [1.82, 2.24) is 0 Å². The number of nitrogens with two attached hydrogens (primary N) is 1. The molecule has 0 aliphatic heterocycles. The van der Waals surface area contributed by atoms with Crippen molar-refractivity contribution in [3.05, 3.63) is 0 Å². The van der Waals surface area contributed by atoms with Gasteiger partial charge in [0, 0.05) is 7.11 Å². The summed E-state index contributed by atoms with van der Waals surface area (Å²) >= 11 is 0. The highest BCUT2D eigenvalue weighted by Crippen LogP contribution is 2.20. The molecule has 7 nitrogen and oxygen atoms in total. The van der Waals surface area contributed by atoms with Crippen LogP contribution in [0.5, 0.6) is 0 Å². The first-order chi connectivity index (χ1) is 10.5. The lowest BCUT2D eigenvalue weighted by Gasteiger charge is -2.13. The first kappa shape index (κ1) is 27.7. The number of nitrogens with one attached hydrogen (secondary N) is 1. The molecule has 0 aromatic carbocycles. The Morgan fingerprint density at radius 2 is 1.42 bits per heavy atom. The van der Waals surface area contributed by atoms with Crippen LogP contribution >= 0.6 is 0 Å². The summed E-state index contributed by atoms with van der Waals surface area (Å²) < 4.78 is 96.0. The number of halogens is 6. The molecule has 0 saturated carbocycles. The summed E-state index contributed by atoms with van der Waals surface area (Å²) in [5, 5.41) is 0. The van der Waals surface area contributed by atoms with E-state index in [1.807, 2.05) is 0 Å². The molecule has 3 N–H and O–H groups in total. The summed E-state index contributed by atoms with van der Waals surface area (Å²) in [6, 6.07) is 0. The van der Waals surface area contributed by atoms with E-state index in [9.17, 15) is 26.3 Å². The van der Waals surface area contributed by atoms with Crippen LogP contribution in [0.15, 0.2) is 0 Å². The zero-order valence-electron chi connectivity index (χ0n) is 13.1. The lowest BCUT2D eigenvalue weighted by molar-refractivity contribution is -0.896. The first-order valence-corrected chi connectivity index (χ1v) is 7.66. The highest BCUT2D eigenvalue weighted by Gasteiger charge is 2.37. The predicted molar refractivity (Wildman–Crippen MR) is 69.8 cm³/mol. The molecule has 14 heteroatoms. The number of hydrogen-bond donors (Lipinski definition) is 2. The van der Waals surface area contributed by atoms with Crippen molar-refractivity contribution in [3.8, 4) is 0 Å². The van der Waals surface area contributed by atoms with Gasteiger partial charge in [-0.3, -0.25) is 4.79 Å². The number of amides is 1. The lowest BCUT2D eigenvalue weighted by atomic mass is 10.5. The third-order valence-corrected chi connectivity index (χ3v) is 2.79. The Morgan fingerprint density at radius 3 is 1.54 bits per heavy atom. The van der Waals surface area contributed by atoms with E-state index in [1.54, 1.807) is 12.0 Å². The number of quaternary nitrogens is 1. The van der Waals surface area contributed by atoms with E-state index in [-0.39, 0.29) is 0 Å². The second-order valence-electron chi connectivity index (χ2n) is 3.96. The number of likely N-dealkylation sites (N-methyl/N-ethyl adjacent to an activating group) is 1. The van der Waals surface area contributed by atoms with Gasteiger partial charge in [-0.05, 0) is 13.8 Å². The average Bonchev–Trinajstić information content (AvgIpc) is 2.38. The number of alkyl halides is 6. The third kappa shape index (κ3) is 17.2. The number of carbonyl (C=O) groups excluding carboxylic acids is 1. The molecule has 0 spiro atoms. The maximum Gasteiger partial charge on any atom is 0.485 e. The molecule has 0 aromatic rings. The van der Waals surface area contributed by atoms with Crippen LogP contribution in [-0.2, 0) is 19.6 Å². The molecule has 0 fully saturated rings. The summed E-state index contributed by atoms with van der Waals surface area (Å²) in [6.45, 7) is 8.85. The van der Waals surface area contributed by atoms with Gasteiger partial charge >= 0.3 is 17.6 Å². The van der Waals surface area contributed by atoms with Gasteiger partial charge in [-0.1, -0.05) is 0 Å². The molecule has 148 valence electrons. The van der Waals surface area contributed by atoms with E-state index in [0.717, 1.165) is 13.2 Å². The fourth-order valence-corrected chi connectivity index (χ4v) is 0.850. The van der Waals surface area contributed by atoms with Crippen LogP contribution < -0.4 is 10.6 Å². The summed E-state index contributed by atoms with van der Waals surface area (Å²) in [7, 11) is -4.34. The topological polar surface area (TPSA) is 114 Å². The SMILES string of the molecule is CC[NH+](CC)CCOC.NC(=O)C(F)(F)F.O=S(=O)([O-])C(F)(F)F. The van der Waals surface area contributed by atoms with Gasteiger partial charge in [0.2, 0.25) is 0 Å². The Labute approximate surface area is 135 Å². The summed E-state index contributed by atoms with van der Waals surface area (Å²) in [6.07, 6.45) is -4.86. The number of rotatable bonds is 5. The van der Waals surface area contributed by atoms with E-state index in [2.05, 4.69) is 19.6 Å². The Hall–Kier alpha value is -1.12. The van der Waals surface area contributed by atoms with Crippen molar-refractivity contribution < 1.29 is 53.7 Å². The number of primary amides is 1. The van der Waals surface area contributed by atoms with E-state index in [4.69, 9.17) is 22.5 Å². The molecular formula is C10H20F6N2O5S. The molecule has 1 amide bonds. The number of hydrogen-bond acceptors (Lipinski definition) is 5. The highest BCUT2D eigenvalue weighted by molar-refractivity contribution is 7.86. The van der Waals surface area contributed by atoms with Crippen LogP contribution in [0.2, 0.25) is 0 Å². The Bertz CT molecular complexity index is 434. The molecule has 0 unspecified atom stereocenters. The predicted octanol–water partition coefficient (Wildman–Crippen LogP) is -0.357. The monoisotopic (exact) mass is 394 g/mol. The molecule has 0 atom stereocenters. The fraction of sp³-hybridized carbons (Fsp3) is 0.900. The van der Waals surface area contributed by atoms with Gasteiger partial charge in [-0.15, -0.1) is 0 Å². The van der Waals surface area contributed by atoms with E-state index < -0.39 is 27.7 Å². The quantitative estimate of drug-likeness (QED) is 0.376. The Morgan fingerprint density at radius 1 is 1.12 bits per heavy atom. The average molecular weight is 394 g/mol. The van der Waals surface area contributed by atoms with Crippen LogP contribution in [0, 0.1) is 0 Å². The summed E-state index contributed by atoms with van der Waals surface area (Å²) in [4.78, 5) is 10.7. The molecule has 0 aliphatic rings. The van der Waals surface area contributed by atoms with Gasteiger partial charge in [0.05, 0.1) is 19.7 Å². The van der Waals surface area contributed by atoms with E-state index >= 15 is 0 Å². The van der Waals surface area contributed by atoms with Gasteiger partial charge in [0.25, 0.3) is 0 Å². The van der Waals surface area contributed by atoms with Crippen LogP contribution in [0.25, 0.3) is 0 Å². The minimum Gasteiger partial charge on any atom is -0.741 e. The van der Waals surface area contributed by atoms with Gasteiger partial charge in [0.15, 0.2) is 10.1 Å². The standard InChI is InChI=1S/C7H17NO.C2H2F3NO.CHF3O3S/c1-4-8(5-2)6-7-9-3;3-2(4,5)1(6)7;2-1(3,4)8(5,6)7/h4-7H2,1-3H3;(H2,6,7);(H,5,6,7). The highest BCUT2D eigenvalue weighted by atomic mass is 32.2. The summed E-state index contributed by atoms with van der Waals surface area (Å²) in [5.74, 6) is -2.26. The molecule has 0 saturated heterocycles.